The number of thiazole rings is 1. The molecule has 32 heavy (non-hydrogen) atoms. The van der Waals surface area contributed by atoms with Crippen LogP contribution in [0.5, 0.6) is 0 Å². The van der Waals surface area contributed by atoms with Gasteiger partial charge in [-0.3, -0.25) is 4.79 Å². The first-order valence-electron chi connectivity index (χ1n) is 9.82. The minimum absolute atomic E-state index is 0.103. The maximum Gasteiger partial charge on any atom is 0.309 e. The van der Waals surface area contributed by atoms with Gasteiger partial charge in [0.1, 0.15) is 5.82 Å². The quantitative estimate of drug-likeness (QED) is 0.254. The van der Waals surface area contributed by atoms with Gasteiger partial charge in [-0.1, -0.05) is 24.3 Å². The van der Waals surface area contributed by atoms with Crippen molar-refractivity contribution < 1.29 is 14.3 Å². The molecule has 0 spiro atoms. The summed E-state index contributed by atoms with van der Waals surface area (Å²) < 4.78 is 13.9. The van der Waals surface area contributed by atoms with Crippen molar-refractivity contribution in [2.24, 2.45) is 10.4 Å². The minimum Gasteiger partial charge on any atom is -0.481 e. The van der Waals surface area contributed by atoms with Crippen LogP contribution >= 0.6 is 11.3 Å². The number of nitriles is 1. The van der Waals surface area contributed by atoms with Gasteiger partial charge >= 0.3 is 5.97 Å². The van der Waals surface area contributed by atoms with Crippen molar-refractivity contribution in [2.45, 2.75) is 26.7 Å². The molecule has 0 amide bonds. The number of aliphatic imine (C=N–C) groups is 1. The lowest BCUT2D eigenvalue weighted by Crippen LogP contribution is -2.24. The zero-order valence-corrected chi connectivity index (χ0v) is 18.4. The van der Waals surface area contributed by atoms with Gasteiger partial charge < -0.3 is 15.7 Å². The number of carboxylic acids is 1. The van der Waals surface area contributed by atoms with E-state index in [1.165, 1.54) is 17.4 Å². The number of aryl methyl sites for hydroxylation is 1. The van der Waals surface area contributed by atoms with Gasteiger partial charge in [0, 0.05) is 18.3 Å². The number of carboxylic acid groups (broad SMARTS) is 1. The fourth-order valence-electron chi connectivity index (χ4n) is 2.77. The van der Waals surface area contributed by atoms with Gasteiger partial charge in [-0.05, 0) is 50.1 Å². The molecule has 0 atom stereocenters. The van der Waals surface area contributed by atoms with E-state index in [0.717, 1.165) is 15.4 Å². The van der Waals surface area contributed by atoms with Gasteiger partial charge in [0.05, 0.1) is 21.0 Å². The molecule has 3 aromatic rings. The molecule has 3 rings (SSSR count). The van der Waals surface area contributed by atoms with Crippen LogP contribution in [0.25, 0.3) is 10.4 Å². The molecular formula is C23H22FN5O2S. The Morgan fingerprint density at radius 2 is 1.94 bits per heavy atom. The third-order valence-corrected chi connectivity index (χ3v) is 5.92. The molecule has 0 saturated heterocycles. The molecule has 0 aliphatic rings. The lowest BCUT2D eigenvalue weighted by molar-refractivity contribution is -0.147. The number of halogens is 1. The number of nitrogens with zero attached hydrogens (tertiary/aromatic N) is 3. The lowest BCUT2D eigenvalue weighted by atomic mass is 9.88. The van der Waals surface area contributed by atoms with Crippen molar-refractivity contribution in [1.82, 2.24) is 4.98 Å². The number of aromatic nitrogens is 1. The van der Waals surface area contributed by atoms with E-state index in [0.29, 0.717) is 18.5 Å². The summed E-state index contributed by atoms with van der Waals surface area (Å²) in [5, 5.41) is 24.8. The molecule has 0 aliphatic heterocycles. The third-order valence-electron chi connectivity index (χ3n) is 4.82. The van der Waals surface area contributed by atoms with Gasteiger partial charge in [0.25, 0.3) is 0 Å². The summed E-state index contributed by atoms with van der Waals surface area (Å²) in [5.41, 5.74) is 1.03. The van der Waals surface area contributed by atoms with Crippen LogP contribution in [-0.4, -0.2) is 22.0 Å². The Bertz CT molecular complexity index is 1170. The zero-order valence-electron chi connectivity index (χ0n) is 17.6. The summed E-state index contributed by atoms with van der Waals surface area (Å²) in [5.74, 6) is -1.17. The van der Waals surface area contributed by atoms with Crippen molar-refractivity contribution >= 4 is 34.6 Å². The maximum absolute atomic E-state index is 13.9. The van der Waals surface area contributed by atoms with Gasteiger partial charge in [-0.25, -0.2) is 9.37 Å². The molecule has 0 bridgehead atoms. The number of benzene rings is 2. The highest BCUT2D eigenvalue weighted by molar-refractivity contribution is 7.15. The number of carbonyl (C=O) groups is 1. The molecule has 1 heterocycles. The monoisotopic (exact) mass is 451 g/mol. The molecule has 0 fully saturated rings. The number of hydrogen-bond donors (Lipinski definition) is 3. The van der Waals surface area contributed by atoms with E-state index in [9.17, 15) is 14.3 Å². The van der Waals surface area contributed by atoms with Crippen molar-refractivity contribution in [2.75, 3.05) is 10.6 Å². The van der Waals surface area contributed by atoms with Crippen LogP contribution in [0.3, 0.4) is 0 Å². The van der Waals surface area contributed by atoms with E-state index in [1.54, 1.807) is 44.4 Å². The number of guanidine groups is 1. The van der Waals surface area contributed by atoms with Crippen molar-refractivity contribution in [3.8, 4) is 16.6 Å². The average Bonchev–Trinajstić information content (AvgIpc) is 3.24. The number of anilines is 2. The van der Waals surface area contributed by atoms with Crippen molar-refractivity contribution in [3.05, 3.63) is 65.6 Å². The molecule has 164 valence electrons. The second-order valence-electron chi connectivity index (χ2n) is 7.67. The molecule has 0 unspecified atom stereocenters. The number of hydrogen-bond acceptors (Lipinski definition) is 5. The van der Waals surface area contributed by atoms with Crippen LogP contribution < -0.4 is 10.6 Å². The van der Waals surface area contributed by atoms with Gasteiger partial charge in [0.2, 0.25) is 12.2 Å². The number of rotatable bonds is 7. The second kappa shape index (κ2) is 10.0. The maximum atomic E-state index is 13.9. The predicted octanol–water partition coefficient (Wildman–Crippen LogP) is 5.35. The summed E-state index contributed by atoms with van der Waals surface area (Å²) in [6, 6.07) is 13.5. The summed E-state index contributed by atoms with van der Waals surface area (Å²) in [4.78, 5) is 20.3. The number of para-hydroxylation sites is 1. The molecule has 2 aromatic carbocycles. The molecule has 7 nitrogen and oxygen atoms in total. The SMILES string of the molecule is CC(C)(CCc1ncc(-c2ccc(NC(=NC#N)Nc3ccccc3F)cc2)s1)C(=O)O. The van der Waals surface area contributed by atoms with Crippen LogP contribution in [0.15, 0.2) is 59.7 Å². The van der Waals surface area contributed by atoms with Crippen LogP contribution in [0, 0.1) is 22.7 Å². The van der Waals surface area contributed by atoms with Crippen molar-refractivity contribution in [3.63, 3.8) is 0 Å². The average molecular weight is 452 g/mol. The minimum atomic E-state index is -0.818. The standard InChI is InChI=1S/C23H22FN5O2S/c1-23(2,21(30)31)12-11-20-26-13-19(32-20)15-7-9-16(10-8-15)28-22(27-14-25)29-18-6-4-3-5-17(18)24/h3-10,13H,11-12H2,1-2H3,(H,30,31)(H2,27,28,29). The highest BCUT2D eigenvalue weighted by atomic mass is 32.1. The normalized spacial score (nSPS) is 11.6. The van der Waals surface area contributed by atoms with Gasteiger partial charge in [-0.15, -0.1) is 16.3 Å². The summed E-state index contributed by atoms with van der Waals surface area (Å²) in [6.45, 7) is 3.42. The molecule has 9 heteroatoms. The lowest BCUT2D eigenvalue weighted by Gasteiger charge is -2.17. The molecule has 0 radical (unpaired) electrons. The van der Waals surface area contributed by atoms with Crippen molar-refractivity contribution in [1.29, 1.82) is 5.26 Å². The Hall–Kier alpha value is -3.77. The number of aliphatic carboxylic acids is 1. The Labute approximate surface area is 189 Å². The zero-order chi connectivity index (χ0) is 23.1. The molecular weight excluding hydrogens is 429 g/mol. The van der Waals surface area contributed by atoms with Crippen LogP contribution in [0.2, 0.25) is 0 Å². The molecule has 0 saturated carbocycles. The first kappa shape index (κ1) is 22.9. The largest absolute Gasteiger partial charge is 0.481 e. The first-order valence-corrected chi connectivity index (χ1v) is 10.6. The van der Waals surface area contributed by atoms with Crippen LogP contribution in [0.4, 0.5) is 15.8 Å². The Morgan fingerprint density at radius 3 is 2.59 bits per heavy atom. The highest BCUT2D eigenvalue weighted by Gasteiger charge is 2.27. The van der Waals surface area contributed by atoms with E-state index in [-0.39, 0.29) is 11.6 Å². The Kier molecular flexibility index (Phi) is 7.18. The summed E-state index contributed by atoms with van der Waals surface area (Å²) >= 11 is 1.52. The van der Waals surface area contributed by atoms with E-state index in [2.05, 4.69) is 20.6 Å². The fourth-order valence-corrected chi connectivity index (χ4v) is 3.69. The van der Waals surface area contributed by atoms with Crippen LogP contribution in [-0.2, 0) is 11.2 Å². The molecule has 3 N–H and O–H groups in total. The highest BCUT2D eigenvalue weighted by Crippen LogP contribution is 2.30. The molecule has 1 aromatic heterocycles. The Balaban J connectivity index is 1.66. The molecule has 0 aliphatic carbocycles. The fraction of sp³-hybridized carbons (Fsp3) is 0.217. The summed E-state index contributed by atoms with van der Waals surface area (Å²) in [7, 11) is 0. The van der Waals surface area contributed by atoms with E-state index >= 15 is 0 Å². The van der Waals surface area contributed by atoms with E-state index in [1.807, 2.05) is 24.3 Å². The van der Waals surface area contributed by atoms with E-state index in [4.69, 9.17) is 5.26 Å². The third kappa shape index (κ3) is 5.89. The predicted molar refractivity (Wildman–Crippen MR) is 124 cm³/mol. The Morgan fingerprint density at radius 1 is 1.22 bits per heavy atom. The number of nitrogens with one attached hydrogen (secondary N) is 2. The van der Waals surface area contributed by atoms with Gasteiger partial charge in [0.15, 0.2) is 0 Å². The smallest absolute Gasteiger partial charge is 0.309 e. The topological polar surface area (TPSA) is 110 Å². The van der Waals surface area contributed by atoms with Gasteiger partial charge in [-0.2, -0.15) is 5.26 Å². The second-order valence-corrected chi connectivity index (χ2v) is 8.79. The van der Waals surface area contributed by atoms with E-state index < -0.39 is 17.2 Å². The first-order chi connectivity index (χ1) is 15.3. The van der Waals surface area contributed by atoms with Crippen LogP contribution in [0.1, 0.15) is 25.3 Å². The summed E-state index contributed by atoms with van der Waals surface area (Å²) in [6.07, 6.45) is 4.58.